The molecule has 0 amide bonds. The molecule has 0 aromatic carbocycles. The Bertz CT molecular complexity index is 430. The third-order valence-corrected chi connectivity index (χ3v) is 3.50. The number of carboxylic acid groups (broad SMARTS) is 1. The molecule has 18 heavy (non-hydrogen) atoms. The Morgan fingerprint density at radius 3 is 2.67 bits per heavy atom. The van der Waals surface area contributed by atoms with Gasteiger partial charge in [-0.3, -0.25) is 14.9 Å². The summed E-state index contributed by atoms with van der Waals surface area (Å²) >= 11 is 0.894. The number of aliphatic carboxylic acids is 1. The Kier molecular flexibility index (Phi) is 5.24. The molecule has 1 aromatic rings. The van der Waals surface area contributed by atoms with Gasteiger partial charge in [0.25, 0.3) is 0 Å². The number of nitro groups is 1. The average molecular weight is 272 g/mol. The van der Waals surface area contributed by atoms with Crippen molar-refractivity contribution in [3.05, 3.63) is 27.1 Å². The molecule has 2 N–H and O–H groups in total. The van der Waals surface area contributed by atoms with Crippen molar-refractivity contribution in [2.75, 3.05) is 6.54 Å². The second-order valence-corrected chi connectivity index (χ2v) is 5.43. The quantitative estimate of drug-likeness (QED) is 0.587. The summed E-state index contributed by atoms with van der Waals surface area (Å²) in [6.45, 7) is 4.67. The number of hydrogen-bond donors (Lipinski definition) is 2. The molecule has 100 valence electrons. The predicted molar refractivity (Wildman–Crippen MR) is 68.8 cm³/mol. The lowest BCUT2D eigenvalue weighted by Gasteiger charge is -2.13. The van der Waals surface area contributed by atoms with Gasteiger partial charge in [-0.05, 0) is 24.9 Å². The second kappa shape index (κ2) is 6.46. The first-order chi connectivity index (χ1) is 8.41. The SMILES string of the molecule is CC(C)CCNC(C(=O)O)c1ccc([N+](=O)[O-])s1. The van der Waals surface area contributed by atoms with E-state index in [-0.39, 0.29) is 5.00 Å². The molecule has 0 aliphatic carbocycles. The van der Waals surface area contributed by atoms with Gasteiger partial charge in [-0.25, -0.2) is 0 Å². The molecule has 7 heteroatoms. The zero-order valence-electron chi connectivity index (χ0n) is 10.3. The summed E-state index contributed by atoms with van der Waals surface area (Å²) in [5.74, 6) is -0.542. The van der Waals surface area contributed by atoms with Crippen LogP contribution in [-0.2, 0) is 4.79 Å². The van der Waals surface area contributed by atoms with E-state index in [1.807, 2.05) is 13.8 Å². The minimum atomic E-state index is -1.02. The van der Waals surface area contributed by atoms with Crippen molar-refractivity contribution in [3.8, 4) is 0 Å². The van der Waals surface area contributed by atoms with Gasteiger partial charge in [0.1, 0.15) is 6.04 Å². The van der Waals surface area contributed by atoms with Gasteiger partial charge < -0.3 is 10.4 Å². The molecule has 0 fully saturated rings. The van der Waals surface area contributed by atoms with Gasteiger partial charge in [-0.2, -0.15) is 0 Å². The van der Waals surface area contributed by atoms with Crippen LogP contribution in [0.1, 0.15) is 31.2 Å². The molecule has 1 aromatic heterocycles. The Balaban J connectivity index is 2.71. The number of nitrogens with zero attached hydrogens (tertiary/aromatic N) is 1. The normalized spacial score (nSPS) is 12.6. The van der Waals surface area contributed by atoms with Gasteiger partial charge in [0.05, 0.1) is 4.92 Å². The molecule has 0 bridgehead atoms. The first-order valence-electron chi connectivity index (χ1n) is 5.62. The molecule has 0 aliphatic rings. The summed E-state index contributed by atoms with van der Waals surface area (Å²) in [5.41, 5.74) is 0. The van der Waals surface area contributed by atoms with E-state index < -0.39 is 16.9 Å². The average Bonchev–Trinajstić information content (AvgIpc) is 2.72. The highest BCUT2D eigenvalue weighted by atomic mass is 32.1. The minimum absolute atomic E-state index is 0.0399. The van der Waals surface area contributed by atoms with E-state index in [9.17, 15) is 14.9 Å². The molecule has 0 saturated carbocycles. The Morgan fingerprint density at radius 2 is 2.22 bits per heavy atom. The Morgan fingerprint density at radius 1 is 1.56 bits per heavy atom. The van der Waals surface area contributed by atoms with Gasteiger partial charge in [-0.1, -0.05) is 25.2 Å². The summed E-state index contributed by atoms with van der Waals surface area (Å²) in [4.78, 5) is 21.6. The number of carbonyl (C=O) groups is 1. The van der Waals surface area contributed by atoms with E-state index in [0.717, 1.165) is 17.8 Å². The summed E-state index contributed by atoms with van der Waals surface area (Å²) < 4.78 is 0. The molecular weight excluding hydrogens is 256 g/mol. The fraction of sp³-hybridized carbons (Fsp3) is 0.545. The zero-order valence-corrected chi connectivity index (χ0v) is 11.1. The molecule has 0 radical (unpaired) electrons. The van der Waals surface area contributed by atoms with Crippen LogP contribution < -0.4 is 5.32 Å². The lowest BCUT2D eigenvalue weighted by atomic mass is 10.1. The molecular formula is C11H16N2O4S. The van der Waals surface area contributed by atoms with E-state index >= 15 is 0 Å². The highest BCUT2D eigenvalue weighted by Crippen LogP contribution is 2.29. The lowest BCUT2D eigenvalue weighted by molar-refractivity contribution is -0.380. The first kappa shape index (κ1) is 14.6. The number of carboxylic acids is 1. The molecule has 0 saturated heterocycles. The summed E-state index contributed by atoms with van der Waals surface area (Å²) in [6.07, 6.45) is 0.858. The van der Waals surface area contributed by atoms with E-state index in [1.165, 1.54) is 12.1 Å². The minimum Gasteiger partial charge on any atom is -0.480 e. The van der Waals surface area contributed by atoms with Crippen molar-refractivity contribution < 1.29 is 14.8 Å². The topological polar surface area (TPSA) is 92.5 Å². The van der Waals surface area contributed by atoms with Crippen LogP contribution in [0.2, 0.25) is 0 Å². The molecule has 6 nitrogen and oxygen atoms in total. The van der Waals surface area contributed by atoms with Gasteiger partial charge in [0, 0.05) is 10.9 Å². The van der Waals surface area contributed by atoms with Gasteiger partial charge in [-0.15, -0.1) is 0 Å². The number of hydrogen-bond acceptors (Lipinski definition) is 5. The van der Waals surface area contributed by atoms with Crippen LogP contribution in [0.4, 0.5) is 5.00 Å². The number of thiophene rings is 1. The molecule has 1 atom stereocenters. The highest BCUT2D eigenvalue weighted by molar-refractivity contribution is 7.15. The standard InChI is InChI=1S/C11H16N2O4S/c1-7(2)5-6-12-10(11(14)15)8-3-4-9(18-8)13(16)17/h3-4,7,10,12H,5-6H2,1-2H3,(H,14,15). The van der Waals surface area contributed by atoms with Gasteiger partial charge in [0.15, 0.2) is 0 Å². The van der Waals surface area contributed by atoms with Crippen molar-refractivity contribution >= 4 is 22.3 Å². The summed E-state index contributed by atoms with van der Waals surface area (Å²) in [5, 5.41) is 22.5. The highest BCUT2D eigenvalue weighted by Gasteiger charge is 2.23. The van der Waals surface area contributed by atoms with Crippen LogP contribution in [0.15, 0.2) is 12.1 Å². The van der Waals surface area contributed by atoms with E-state index in [4.69, 9.17) is 5.11 Å². The summed E-state index contributed by atoms with van der Waals surface area (Å²) in [6, 6.07) is 1.95. The smallest absolute Gasteiger partial charge is 0.326 e. The van der Waals surface area contributed by atoms with Gasteiger partial charge >= 0.3 is 11.0 Å². The fourth-order valence-electron chi connectivity index (χ4n) is 1.42. The maximum atomic E-state index is 11.1. The van der Waals surface area contributed by atoms with Crippen LogP contribution in [0.25, 0.3) is 0 Å². The first-order valence-corrected chi connectivity index (χ1v) is 6.43. The molecule has 1 heterocycles. The van der Waals surface area contributed by atoms with E-state index in [1.54, 1.807) is 0 Å². The summed E-state index contributed by atoms with van der Waals surface area (Å²) in [7, 11) is 0. The van der Waals surface area contributed by atoms with Crippen LogP contribution >= 0.6 is 11.3 Å². The van der Waals surface area contributed by atoms with Crippen LogP contribution in [-0.4, -0.2) is 22.5 Å². The Labute approximate surface area is 109 Å². The maximum Gasteiger partial charge on any atom is 0.326 e. The monoisotopic (exact) mass is 272 g/mol. The number of rotatable bonds is 7. The zero-order chi connectivity index (χ0) is 13.7. The molecule has 1 unspecified atom stereocenters. The third-order valence-electron chi connectivity index (χ3n) is 2.39. The molecule has 0 aliphatic heterocycles. The lowest BCUT2D eigenvalue weighted by Crippen LogP contribution is -2.29. The van der Waals surface area contributed by atoms with Crippen molar-refractivity contribution in [2.24, 2.45) is 5.92 Å². The fourth-order valence-corrected chi connectivity index (χ4v) is 2.31. The third kappa shape index (κ3) is 4.08. The van der Waals surface area contributed by atoms with Crippen LogP contribution in [0.3, 0.4) is 0 Å². The van der Waals surface area contributed by atoms with Crippen molar-refractivity contribution in [1.82, 2.24) is 5.32 Å². The maximum absolute atomic E-state index is 11.1. The van der Waals surface area contributed by atoms with E-state index in [2.05, 4.69) is 5.32 Å². The van der Waals surface area contributed by atoms with Crippen molar-refractivity contribution in [2.45, 2.75) is 26.3 Å². The molecule has 1 rings (SSSR count). The second-order valence-electron chi connectivity index (χ2n) is 4.34. The van der Waals surface area contributed by atoms with Crippen molar-refractivity contribution in [3.63, 3.8) is 0 Å². The Hall–Kier alpha value is -1.47. The van der Waals surface area contributed by atoms with Crippen LogP contribution in [0, 0.1) is 16.0 Å². The van der Waals surface area contributed by atoms with Gasteiger partial charge in [0.2, 0.25) is 0 Å². The van der Waals surface area contributed by atoms with Crippen LogP contribution in [0.5, 0.6) is 0 Å². The molecule has 0 spiro atoms. The number of nitrogens with one attached hydrogen (secondary N) is 1. The largest absolute Gasteiger partial charge is 0.480 e. The van der Waals surface area contributed by atoms with Crippen molar-refractivity contribution in [1.29, 1.82) is 0 Å². The van der Waals surface area contributed by atoms with E-state index in [0.29, 0.717) is 17.3 Å². The predicted octanol–water partition coefficient (Wildman–Crippen LogP) is 2.42.